The quantitative estimate of drug-likeness (QED) is 0.906. The lowest BCUT2D eigenvalue weighted by atomic mass is 10.1. The molecular formula is C15H19BrFN3. The first-order chi connectivity index (χ1) is 9.60. The molecule has 3 nitrogen and oxygen atoms in total. The lowest BCUT2D eigenvalue weighted by molar-refractivity contribution is 0.573. The molecule has 20 heavy (non-hydrogen) atoms. The average molecular weight is 340 g/mol. The second-order valence-corrected chi connectivity index (χ2v) is 5.59. The molecule has 2 rings (SSSR count). The van der Waals surface area contributed by atoms with Gasteiger partial charge in [-0.3, -0.25) is 4.68 Å². The molecule has 0 aliphatic rings. The van der Waals surface area contributed by atoms with Crippen LogP contribution in [0.1, 0.15) is 36.4 Å². The number of hydrogen-bond donors (Lipinski definition) is 1. The summed E-state index contributed by atoms with van der Waals surface area (Å²) in [6.07, 6.45) is 1.69. The smallest absolute Gasteiger partial charge is 0.129 e. The Hall–Kier alpha value is -1.20. The van der Waals surface area contributed by atoms with Crippen molar-refractivity contribution in [2.24, 2.45) is 5.73 Å². The van der Waals surface area contributed by atoms with Crippen LogP contribution in [0.4, 0.5) is 4.39 Å². The van der Waals surface area contributed by atoms with Gasteiger partial charge in [-0.2, -0.15) is 5.10 Å². The number of hydrogen-bond acceptors (Lipinski definition) is 2. The number of nitrogens with two attached hydrogens (primary N) is 1. The Kier molecular flexibility index (Phi) is 4.94. The van der Waals surface area contributed by atoms with Crippen molar-refractivity contribution in [3.63, 3.8) is 0 Å². The zero-order valence-corrected chi connectivity index (χ0v) is 13.4. The summed E-state index contributed by atoms with van der Waals surface area (Å²) in [5.41, 5.74) is 9.68. The van der Waals surface area contributed by atoms with E-state index in [0.29, 0.717) is 18.7 Å². The maximum Gasteiger partial charge on any atom is 0.129 e. The van der Waals surface area contributed by atoms with Crippen LogP contribution in [-0.2, 0) is 25.9 Å². The van der Waals surface area contributed by atoms with E-state index in [1.165, 1.54) is 6.07 Å². The third kappa shape index (κ3) is 2.94. The van der Waals surface area contributed by atoms with Crippen molar-refractivity contribution >= 4 is 15.9 Å². The summed E-state index contributed by atoms with van der Waals surface area (Å²) in [6, 6.07) is 5.11. The summed E-state index contributed by atoms with van der Waals surface area (Å²) in [7, 11) is 0. The predicted octanol–water partition coefficient (Wildman–Crippen LogP) is 3.42. The molecule has 108 valence electrons. The first-order valence-electron chi connectivity index (χ1n) is 6.82. The van der Waals surface area contributed by atoms with Gasteiger partial charge in [-0.25, -0.2) is 4.39 Å². The van der Waals surface area contributed by atoms with Crippen LogP contribution >= 0.6 is 15.9 Å². The molecule has 0 aliphatic carbocycles. The first-order valence-corrected chi connectivity index (χ1v) is 7.61. The molecule has 2 N–H and O–H groups in total. The molecule has 0 amide bonds. The normalized spacial score (nSPS) is 11.1. The Morgan fingerprint density at radius 3 is 2.60 bits per heavy atom. The standard InChI is InChI=1S/C15H19BrFN3/c1-3-14-12(8-18)15(4-2)20(19-14)9-10-5-6-11(16)7-13(10)17/h5-7H,3-4,8-9,18H2,1-2H3. The largest absolute Gasteiger partial charge is 0.326 e. The molecule has 0 atom stereocenters. The topological polar surface area (TPSA) is 43.8 Å². The minimum Gasteiger partial charge on any atom is -0.326 e. The molecule has 1 aromatic heterocycles. The van der Waals surface area contributed by atoms with Crippen molar-refractivity contribution in [1.82, 2.24) is 9.78 Å². The Balaban J connectivity index is 2.40. The number of aromatic nitrogens is 2. The molecule has 5 heteroatoms. The van der Waals surface area contributed by atoms with E-state index >= 15 is 0 Å². The number of halogens is 2. The van der Waals surface area contributed by atoms with E-state index < -0.39 is 0 Å². The first kappa shape index (κ1) is 15.2. The van der Waals surface area contributed by atoms with Crippen molar-refractivity contribution in [1.29, 1.82) is 0 Å². The van der Waals surface area contributed by atoms with Crippen LogP contribution in [0.25, 0.3) is 0 Å². The molecule has 0 bridgehead atoms. The van der Waals surface area contributed by atoms with E-state index in [-0.39, 0.29) is 5.82 Å². The summed E-state index contributed by atoms with van der Waals surface area (Å²) < 4.78 is 16.6. The Morgan fingerprint density at radius 1 is 1.30 bits per heavy atom. The van der Waals surface area contributed by atoms with Crippen molar-refractivity contribution in [2.45, 2.75) is 39.8 Å². The molecule has 1 heterocycles. The third-order valence-electron chi connectivity index (χ3n) is 3.46. The summed E-state index contributed by atoms with van der Waals surface area (Å²) in [5, 5.41) is 4.59. The summed E-state index contributed by atoms with van der Waals surface area (Å²) in [6.45, 7) is 5.06. The van der Waals surface area contributed by atoms with Gasteiger partial charge in [-0.1, -0.05) is 35.8 Å². The highest BCUT2D eigenvalue weighted by atomic mass is 79.9. The average Bonchev–Trinajstić information content (AvgIpc) is 2.78. The lowest BCUT2D eigenvalue weighted by Gasteiger charge is -2.08. The number of rotatable bonds is 5. The number of aryl methyl sites for hydroxylation is 1. The third-order valence-corrected chi connectivity index (χ3v) is 3.95. The predicted molar refractivity (Wildman–Crippen MR) is 82.1 cm³/mol. The summed E-state index contributed by atoms with van der Waals surface area (Å²) in [5.74, 6) is -0.218. The van der Waals surface area contributed by atoms with Crippen LogP contribution in [-0.4, -0.2) is 9.78 Å². The maximum atomic E-state index is 13.9. The second-order valence-electron chi connectivity index (χ2n) is 4.68. The van der Waals surface area contributed by atoms with Crippen LogP contribution in [0.2, 0.25) is 0 Å². The van der Waals surface area contributed by atoms with Crippen LogP contribution in [0.5, 0.6) is 0 Å². The molecule has 0 radical (unpaired) electrons. The molecule has 0 spiro atoms. The van der Waals surface area contributed by atoms with Gasteiger partial charge in [-0.15, -0.1) is 0 Å². The van der Waals surface area contributed by atoms with Gasteiger partial charge in [0.15, 0.2) is 0 Å². The molecule has 0 fully saturated rings. The van der Waals surface area contributed by atoms with Crippen LogP contribution < -0.4 is 5.73 Å². The molecule has 0 saturated carbocycles. The Labute approximate surface area is 127 Å². The van der Waals surface area contributed by atoms with Crippen LogP contribution in [0.3, 0.4) is 0 Å². The molecular weight excluding hydrogens is 321 g/mol. The molecule has 0 unspecified atom stereocenters. The maximum absolute atomic E-state index is 13.9. The van der Waals surface area contributed by atoms with Gasteiger partial charge in [-0.05, 0) is 25.0 Å². The SMILES string of the molecule is CCc1nn(Cc2ccc(Br)cc2F)c(CC)c1CN. The van der Waals surface area contributed by atoms with E-state index in [4.69, 9.17) is 5.73 Å². The summed E-state index contributed by atoms with van der Waals surface area (Å²) >= 11 is 3.27. The van der Waals surface area contributed by atoms with Gasteiger partial charge in [0.1, 0.15) is 5.82 Å². The highest BCUT2D eigenvalue weighted by Gasteiger charge is 2.15. The van der Waals surface area contributed by atoms with Gasteiger partial charge in [0.2, 0.25) is 0 Å². The minimum atomic E-state index is -0.218. The van der Waals surface area contributed by atoms with Crippen molar-refractivity contribution in [3.8, 4) is 0 Å². The van der Waals surface area contributed by atoms with E-state index in [1.807, 2.05) is 10.7 Å². The monoisotopic (exact) mass is 339 g/mol. The number of nitrogens with zero attached hydrogens (tertiary/aromatic N) is 2. The van der Waals surface area contributed by atoms with Gasteiger partial charge in [0, 0.05) is 27.8 Å². The van der Waals surface area contributed by atoms with E-state index in [1.54, 1.807) is 6.07 Å². The Morgan fingerprint density at radius 2 is 2.05 bits per heavy atom. The molecule has 0 aliphatic heterocycles. The highest BCUT2D eigenvalue weighted by molar-refractivity contribution is 9.10. The summed E-state index contributed by atoms with van der Waals surface area (Å²) in [4.78, 5) is 0. The fraction of sp³-hybridized carbons (Fsp3) is 0.400. The molecule has 2 aromatic rings. The highest BCUT2D eigenvalue weighted by Crippen LogP contribution is 2.20. The number of benzene rings is 1. The molecule has 0 saturated heterocycles. The van der Waals surface area contributed by atoms with Crippen LogP contribution in [0.15, 0.2) is 22.7 Å². The zero-order valence-electron chi connectivity index (χ0n) is 11.8. The minimum absolute atomic E-state index is 0.218. The molecule has 1 aromatic carbocycles. The van der Waals surface area contributed by atoms with Crippen molar-refractivity contribution in [3.05, 3.63) is 51.0 Å². The Bertz CT molecular complexity index is 607. The fourth-order valence-corrected chi connectivity index (χ4v) is 2.78. The van der Waals surface area contributed by atoms with Gasteiger partial charge in [0.05, 0.1) is 12.2 Å². The van der Waals surface area contributed by atoms with E-state index in [0.717, 1.165) is 34.3 Å². The van der Waals surface area contributed by atoms with Gasteiger partial charge < -0.3 is 5.73 Å². The van der Waals surface area contributed by atoms with E-state index in [2.05, 4.69) is 34.9 Å². The zero-order chi connectivity index (χ0) is 14.7. The van der Waals surface area contributed by atoms with Gasteiger partial charge in [0.25, 0.3) is 0 Å². The lowest BCUT2D eigenvalue weighted by Crippen LogP contribution is -2.09. The fourth-order valence-electron chi connectivity index (χ4n) is 2.45. The van der Waals surface area contributed by atoms with Crippen LogP contribution in [0, 0.1) is 5.82 Å². The van der Waals surface area contributed by atoms with E-state index in [9.17, 15) is 4.39 Å². The van der Waals surface area contributed by atoms with Crippen molar-refractivity contribution in [2.75, 3.05) is 0 Å². The van der Waals surface area contributed by atoms with Crippen molar-refractivity contribution < 1.29 is 4.39 Å². The van der Waals surface area contributed by atoms with Gasteiger partial charge >= 0.3 is 0 Å². The second kappa shape index (κ2) is 6.50.